The van der Waals surface area contributed by atoms with E-state index in [1.54, 1.807) is 6.20 Å². The van der Waals surface area contributed by atoms with Gasteiger partial charge in [-0.15, -0.1) is 0 Å². The van der Waals surface area contributed by atoms with Crippen molar-refractivity contribution in [2.45, 2.75) is 26.5 Å². The molecule has 1 heterocycles. The van der Waals surface area contributed by atoms with Crippen LogP contribution in [0.25, 0.3) is 0 Å². The number of hydrogen-bond donors (Lipinski definition) is 1. The molecule has 1 N–H and O–H groups in total. The topological polar surface area (TPSA) is 34.1 Å². The van der Waals surface area contributed by atoms with Crippen LogP contribution in [0.4, 0.5) is 0 Å². The van der Waals surface area contributed by atoms with Gasteiger partial charge >= 0.3 is 0 Å². The molecule has 100 valence electrons. The van der Waals surface area contributed by atoms with Crippen LogP contribution < -0.4 is 10.1 Å². The zero-order valence-electron chi connectivity index (χ0n) is 11.3. The summed E-state index contributed by atoms with van der Waals surface area (Å²) in [5.74, 6) is 0.902. The summed E-state index contributed by atoms with van der Waals surface area (Å²) in [6, 6.07) is 12.1. The summed E-state index contributed by atoms with van der Waals surface area (Å²) in [5.41, 5.74) is 2.33. The Kier molecular flexibility index (Phi) is 5.38. The minimum atomic E-state index is 0.555. The summed E-state index contributed by atoms with van der Waals surface area (Å²) < 4.78 is 5.77. The molecule has 0 amide bonds. The maximum atomic E-state index is 5.77. The van der Waals surface area contributed by atoms with Gasteiger partial charge in [-0.3, -0.25) is 4.98 Å². The molecular formula is C16H20N2O. The van der Waals surface area contributed by atoms with Crippen molar-refractivity contribution in [3.05, 3.63) is 59.9 Å². The number of pyridine rings is 1. The fraction of sp³-hybridized carbons (Fsp3) is 0.312. The molecule has 19 heavy (non-hydrogen) atoms. The van der Waals surface area contributed by atoms with Gasteiger partial charge in [0.25, 0.3) is 0 Å². The van der Waals surface area contributed by atoms with Gasteiger partial charge in [-0.25, -0.2) is 0 Å². The first-order chi connectivity index (χ1) is 9.38. The van der Waals surface area contributed by atoms with Crippen LogP contribution in [0.15, 0.2) is 48.8 Å². The van der Waals surface area contributed by atoms with Crippen molar-refractivity contribution >= 4 is 0 Å². The van der Waals surface area contributed by atoms with Gasteiger partial charge < -0.3 is 10.1 Å². The molecule has 3 nitrogen and oxygen atoms in total. The van der Waals surface area contributed by atoms with Crippen molar-refractivity contribution in [3.8, 4) is 5.75 Å². The molecule has 1 aromatic carbocycles. The van der Waals surface area contributed by atoms with E-state index in [9.17, 15) is 0 Å². The van der Waals surface area contributed by atoms with Crippen molar-refractivity contribution in [3.63, 3.8) is 0 Å². The fourth-order valence-electron chi connectivity index (χ4n) is 1.80. The van der Waals surface area contributed by atoms with E-state index in [4.69, 9.17) is 4.74 Å². The van der Waals surface area contributed by atoms with Crippen LogP contribution in [0.1, 0.15) is 24.5 Å². The summed E-state index contributed by atoms with van der Waals surface area (Å²) >= 11 is 0. The highest BCUT2D eigenvalue weighted by atomic mass is 16.5. The first kappa shape index (κ1) is 13.6. The van der Waals surface area contributed by atoms with Gasteiger partial charge in [0.2, 0.25) is 0 Å². The van der Waals surface area contributed by atoms with E-state index in [1.807, 2.05) is 30.5 Å². The third kappa shape index (κ3) is 4.72. The van der Waals surface area contributed by atoms with Gasteiger partial charge in [0, 0.05) is 24.5 Å². The van der Waals surface area contributed by atoms with Crippen molar-refractivity contribution in [2.75, 3.05) is 6.54 Å². The number of nitrogens with zero attached hydrogens (tertiary/aromatic N) is 1. The second-order valence-corrected chi connectivity index (χ2v) is 4.47. The minimum absolute atomic E-state index is 0.555. The van der Waals surface area contributed by atoms with E-state index < -0.39 is 0 Å². The highest BCUT2D eigenvalue weighted by Gasteiger charge is 1.98. The van der Waals surface area contributed by atoms with E-state index >= 15 is 0 Å². The molecule has 0 aliphatic rings. The Morgan fingerprint density at radius 3 is 2.84 bits per heavy atom. The largest absolute Gasteiger partial charge is 0.489 e. The first-order valence-electron chi connectivity index (χ1n) is 6.70. The molecule has 2 aromatic rings. The molecule has 0 aliphatic carbocycles. The summed E-state index contributed by atoms with van der Waals surface area (Å²) in [6.45, 7) is 4.65. The number of hydrogen-bond acceptors (Lipinski definition) is 3. The van der Waals surface area contributed by atoms with Gasteiger partial charge in [0.1, 0.15) is 12.4 Å². The molecule has 0 saturated carbocycles. The number of ether oxygens (including phenoxy) is 1. The van der Waals surface area contributed by atoms with Crippen LogP contribution in [-0.2, 0) is 13.2 Å². The predicted octanol–water partition coefficient (Wildman–Crippen LogP) is 3.16. The third-order valence-electron chi connectivity index (χ3n) is 2.78. The molecule has 0 aliphatic heterocycles. The Hall–Kier alpha value is -1.87. The molecule has 0 saturated heterocycles. The predicted molar refractivity (Wildman–Crippen MR) is 77.0 cm³/mol. The molecule has 0 radical (unpaired) electrons. The highest BCUT2D eigenvalue weighted by Crippen LogP contribution is 2.14. The Morgan fingerprint density at radius 1 is 1.16 bits per heavy atom. The Balaban J connectivity index is 1.88. The van der Waals surface area contributed by atoms with Gasteiger partial charge in [0.05, 0.1) is 0 Å². The fourth-order valence-corrected chi connectivity index (χ4v) is 1.80. The summed E-state index contributed by atoms with van der Waals surface area (Å²) in [6.07, 6.45) is 4.74. The first-order valence-corrected chi connectivity index (χ1v) is 6.70. The number of benzene rings is 1. The SMILES string of the molecule is CCCNCc1cccc(OCc2cccnc2)c1. The number of nitrogens with one attached hydrogen (secondary N) is 1. The Bertz CT molecular complexity index is 485. The van der Waals surface area contributed by atoms with E-state index in [1.165, 1.54) is 5.56 Å². The zero-order chi connectivity index (χ0) is 13.3. The summed E-state index contributed by atoms with van der Waals surface area (Å²) in [5, 5.41) is 3.39. The maximum absolute atomic E-state index is 5.77. The third-order valence-corrected chi connectivity index (χ3v) is 2.78. The second-order valence-electron chi connectivity index (χ2n) is 4.47. The van der Waals surface area contributed by atoms with E-state index in [2.05, 4.69) is 29.4 Å². The lowest BCUT2D eigenvalue weighted by Crippen LogP contribution is -2.13. The zero-order valence-corrected chi connectivity index (χ0v) is 11.3. The standard InChI is InChI=1S/C16H20N2O/c1-2-8-17-11-14-5-3-7-16(10-14)19-13-15-6-4-9-18-12-15/h3-7,9-10,12,17H,2,8,11,13H2,1H3. The maximum Gasteiger partial charge on any atom is 0.120 e. The molecular weight excluding hydrogens is 236 g/mol. The minimum Gasteiger partial charge on any atom is -0.489 e. The Labute approximate surface area is 114 Å². The van der Waals surface area contributed by atoms with Crippen LogP contribution in [0.3, 0.4) is 0 Å². The summed E-state index contributed by atoms with van der Waals surface area (Å²) in [7, 11) is 0. The molecule has 3 heteroatoms. The van der Waals surface area contributed by atoms with E-state index in [0.717, 1.165) is 30.8 Å². The lowest BCUT2D eigenvalue weighted by Gasteiger charge is -2.08. The average Bonchev–Trinajstić information content (AvgIpc) is 2.47. The van der Waals surface area contributed by atoms with Crippen molar-refractivity contribution < 1.29 is 4.74 Å². The van der Waals surface area contributed by atoms with Crippen LogP contribution in [-0.4, -0.2) is 11.5 Å². The summed E-state index contributed by atoms with van der Waals surface area (Å²) in [4.78, 5) is 4.07. The second kappa shape index (κ2) is 7.54. The van der Waals surface area contributed by atoms with Crippen LogP contribution >= 0.6 is 0 Å². The van der Waals surface area contributed by atoms with Crippen molar-refractivity contribution in [1.82, 2.24) is 10.3 Å². The lowest BCUT2D eigenvalue weighted by molar-refractivity contribution is 0.305. The normalized spacial score (nSPS) is 10.4. The van der Waals surface area contributed by atoms with Gasteiger partial charge in [-0.2, -0.15) is 0 Å². The van der Waals surface area contributed by atoms with Crippen molar-refractivity contribution in [1.29, 1.82) is 0 Å². The molecule has 0 bridgehead atoms. The highest BCUT2D eigenvalue weighted by molar-refractivity contribution is 5.28. The molecule has 2 rings (SSSR count). The van der Waals surface area contributed by atoms with Crippen LogP contribution in [0, 0.1) is 0 Å². The quantitative estimate of drug-likeness (QED) is 0.773. The molecule has 0 atom stereocenters. The molecule has 0 fully saturated rings. The van der Waals surface area contributed by atoms with E-state index in [0.29, 0.717) is 6.61 Å². The monoisotopic (exact) mass is 256 g/mol. The van der Waals surface area contributed by atoms with Gasteiger partial charge in [-0.05, 0) is 36.7 Å². The van der Waals surface area contributed by atoms with Gasteiger partial charge in [0.15, 0.2) is 0 Å². The number of rotatable bonds is 7. The van der Waals surface area contributed by atoms with Crippen molar-refractivity contribution in [2.24, 2.45) is 0 Å². The van der Waals surface area contributed by atoms with E-state index in [-0.39, 0.29) is 0 Å². The molecule has 0 unspecified atom stereocenters. The average molecular weight is 256 g/mol. The lowest BCUT2D eigenvalue weighted by atomic mass is 10.2. The smallest absolute Gasteiger partial charge is 0.120 e. The Morgan fingerprint density at radius 2 is 2.05 bits per heavy atom. The molecule has 1 aromatic heterocycles. The molecule has 0 spiro atoms. The van der Waals surface area contributed by atoms with Crippen LogP contribution in [0.5, 0.6) is 5.75 Å². The van der Waals surface area contributed by atoms with Gasteiger partial charge in [-0.1, -0.05) is 25.1 Å². The van der Waals surface area contributed by atoms with Crippen LogP contribution in [0.2, 0.25) is 0 Å². The number of aromatic nitrogens is 1.